The number of allylic oxidation sites excluding steroid dienone is 2. The Morgan fingerprint density at radius 3 is 2.88 bits per heavy atom. The lowest BCUT2D eigenvalue weighted by molar-refractivity contribution is 0.501. The van der Waals surface area contributed by atoms with Crippen LogP contribution in [-0.4, -0.2) is 18.0 Å². The third-order valence-corrected chi connectivity index (χ3v) is 4.11. The van der Waals surface area contributed by atoms with E-state index in [-0.39, 0.29) is 11.1 Å². The minimum atomic E-state index is -3.74. The fourth-order valence-corrected chi connectivity index (χ4v) is 2.78. The molecule has 0 aliphatic heterocycles. The monoisotopic (exact) mass is 274 g/mol. The summed E-state index contributed by atoms with van der Waals surface area (Å²) in [7, 11) is 1.58. The second-order valence-corrected chi connectivity index (χ2v) is 6.63. The van der Waals surface area contributed by atoms with E-state index in [1.54, 1.807) is 6.20 Å². The number of hydrogen-bond acceptors (Lipinski definition) is 3. The van der Waals surface area contributed by atoms with Crippen LogP contribution < -0.4 is 0 Å². The average Bonchev–Trinajstić information content (AvgIpc) is 2.73. The van der Waals surface area contributed by atoms with Gasteiger partial charge in [0.1, 0.15) is 5.82 Å². The van der Waals surface area contributed by atoms with Crippen molar-refractivity contribution in [3.63, 3.8) is 0 Å². The van der Waals surface area contributed by atoms with Gasteiger partial charge < -0.3 is 4.57 Å². The van der Waals surface area contributed by atoms with Gasteiger partial charge in [-0.2, -0.15) is 0 Å². The molecule has 1 atom stereocenters. The Morgan fingerprint density at radius 1 is 1.59 bits per heavy atom. The topological polar surface area (TPSA) is 52.0 Å². The molecular formula is C11H15ClN2O2S. The predicted molar refractivity (Wildman–Crippen MR) is 66.7 cm³/mol. The van der Waals surface area contributed by atoms with E-state index in [0.29, 0.717) is 6.42 Å². The van der Waals surface area contributed by atoms with E-state index in [2.05, 4.69) is 17.1 Å². The highest BCUT2D eigenvalue weighted by molar-refractivity contribution is 8.13. The van der Waals surface area contributed by atoms with Crippen LogP contribution in [-0.2, 0) is 15.5 Å². The zero-order chi connectivity index (χ0) is 12.5. The van der Waals surface area contributed by atoms with Crippen LogP contribution in [0.5, 0.6) is 0 Å². The number of halogens is 1. The first-order valence-corrected chi connectivity index (χ1v) is 8.02. The minimum absolute atomic E-state index is 0.0463. The standard InChI is InChI=1S/C11H15ClN2O2S/c1-2-10-13-11(17(12,15)16)8-14(10)9-6-4-3-5-7-9/h4,6,8-9H,2-3,5,7H2,1H3. The van der Waals surface area contributed by atoms with Crippen LogP contribution in [0.15, 0.2) is 23.4 Å². The van der Waals surface area contributed by atoms with Crippen molar-refractivity contribution in [1.29, 1.82) is 0 Å². The smallest absolute Gasteiger partial charge is 0.280 e. The molecule has 4 nitrogen and oxygen atoms in total. The number of aryl methyl sites for hydroxylation is 1. The van der Waals surface area contributed by atoms with Crippen molar-refractivity contribution in [3.05, 3.63) is 24.2 Å². The van der Waals surface area contributed by atoms with Crippen molar-refractivity contribution >= 4 is 19.7 Å². The summed E-state index contributed by atoms with van der Waals surface area (Å²) in [4.78, 5) is 4.08. The molecular weight excluding hydrogens is 260 g/mol. The fourth-order valence-electron chi connectivity index (χ4n) is 2.10. The van der Waals surface area contributed by atoms with Gasteiger partial charge >= 0.3 is 0 Å². The van der Waals surface area contributed by atoms with Gasteiger partial charge in [0.25, 0.3) is 9.05 Å². The van der Waals surface area contributed by atoms with Crippen molar-refractivity contribution in [3.8, 4) is 0 Å². The number of nitrogens with zero attached hydrogens (tertiary/aromatic N) is 2. The van der Waals surface area contributed by atoms with Gasteiger partial charge in [0.05, 0.1) is 6.04 Å². The normalized spacial score (nSPS) is 20.7. The van der Waals surface area contributed by atoms with E-state index in [1.807, 2.05) is 11.5 Å². The third-order valence-electron chi connectivity index (χ3n) is 2.94. The van der Waals surface area contributed by atoms with Crippen LogP contribution in [0.1, 0.15) is 38.1 Å². The van der Waals surface area contributed by atoms with E-state index in [0.717, 1.165) is 25.1 Å². The lowest BCUT2D eigenvalue weighted by atomic mass is 10.0. The van der Waals surface area contributed by atoms with Crippen LogP contribution in [0.2, 0.25) is 0 Å². The highest BCUT2D eigenvalue weighted by Crippen LogP contribution is 2.26. The Kier molecular flexibility index (Phi) is 3.58. The Bertz CT molecular complexity index is 534. The first-order valence-electron chi connectivity index (χ1n) is 5.71. The van der Waals surface area contributed by atoms with Gasteiger partial charge in [0.2, 0.25) is 0 Å². The van der Waals surface area contributed by atoms with Crippen LogP contribution in [0, 0.1) is 0 Å². The summed E-state index contributed by atoms with van der Waals surface area (Å²) in [6.07, 6.45) is 9.69. The summed E-state index contributed by atoms with van der Waals surface area (Å²) >= 11 is 0. The fraction of sp³-hybridized carbons (Fsp3) is 0.545. The Balaban J connectivity index is 2.42. The lowest BCUT2D eigenvalue weighted by Crippen LogP contribution is -2.11. The second kappa shape index (κ2) is 4.82. The largest absolute Gasteiger partial charge is 0.327 e. The SMILES string of the molecule is CCc1nc(S(=O)(=O)Cl)cn1C1C=CCCC1. The molecule has 0 saturated carbocycles. The summed E-state index contributed by atoms with van der Waals surface area (Å²) < 4.78 is 24.5. The first-order chi connectivity index (χ1) is 8.02. The lowest BCUT2D eigenvalue weighted by Gasteiger charge is -2.19. The Labute approximate surface area is 106 Å². The molecule has 94 valence electrons. The molecule has 0 N–H and O–H groups in total. The predicted octanol–water partition coefficient (Wildman–Crippen LogP) is 2.65. The first kappa shape index (κ1) is 12.6. The van der Waals surface area contributed by atoms with Crippen LogP contribution >= 0.6 is 10.7 Å². The summed E-state index contributed by atoms with van der Waals surface area (Å²) in [6.45, 7) is 1.95. The van der Waals surface area contributed by atoms with Gasteiger partial charge in [-0.25, -0.2) is 13.4 Å². The molecule has 0 aromatic carbocycles. The summed E-state index contributed by atoms with van der Waals surface area (Å²) in [5, 5.41) is -0.0463. The summed E-state index contributed by atoms with van der Waals surface area (Å²) in [6, 6.07) is 0.207. The quantitative estimate of drug-likeness (QED) is 0.629. The maximum absolute atomic E-state index is 11.3. The molecule has 1 unspecified atom stereocenters. The number of aromatic nitrogens is 2. The van der Waals surface area contributed by atoms with Crippen molar-refractivity contribution in [2.24, 2.45) is 0 Å². The van der Waals surface area contributed by atoms with Gasteiger partial charge in [0.15, 0.2) is 5.03 Å². The molecule has 6 heteroatoms. The van der Waals surface area contributed by atoms with E-state index >= 15 is 0 Å². The number of rotatable bonds is 3. The molecule has 0 saturated heterocycles. The molecule has 1 aromatic rings. The second-order valence-electron chi connectivity index (χ2n) is 4.12. The zero-order valence-corrected chi connectivity index (χ0v) is 11.2. The molecule has 1 aliphatic rings. The van der Waals surface area contributed by atoms with Crippen molar-refractivity contribution in [2.45, 2.75) is 43.7 Å². The van der Waals surface area contributed by atoms with Gasteiger partial charge in [-0.1, -0.05) is 19.1 Å². The molecule has 0 radical (unpaired) electrons. The van der Waals surface area contributed by atoms with Gasteiger partial charge in [-0.3, -0.25) is 0 Å². The third kappa shape index (κ3) is 2.72. The van der Waals surface area contributed by atoms with Crippen molar-refractivity contribution in [2.75, 3.05) is 0 Å². The van der Waals surface area contributed by atoms with E-state index in [1.165, 1.54) is 0 Å². The summed E-state index contributed by atoms with van der Waals surface area (Å²) in [5.41, 5.74) is 0. The molecule has 0 amide bonds. The van der Waals surface area contributed by atoms with Crippen molar-refractivity contribution in [1.82, 2.24) is 9.55 Å². The molecule has 17 heavy (non-hydrogen) atoms. The maximum Gasteiger partial charge on any atom is 0.280 e. The number of hydrogen-bond donors (Lipinski definition) is 0. The van der Waals surface area contributed by atoms with E-state index in [4.69, 9.17) is 10.7 Å². The van der Waals surface area contributed by atoms with Crippen LogP contribution in [0.3, 0.4) is 0 Å². The average molecular weight is 275 g/mol. The van der Waals surface area contributed by atoms with E-state index < -0.39 is 9.05 Å². The molecule has 0 spiro atoms. The van der Waals surface area contributed by atoms with Gasteiger partial charge in [-0.05, 0) is 19.3 Å². The molecule has 2 rings (SSSR count). The van der Waals surface area contributed by atoms with Gasteiger partial charge in [-0.15, -0.1) is 0 Å². The van der Waals surface area contributed by atoms with Crippen LogP contribution in [0.4, 0.5) is 0 Å². The minimum Gasteiger partial charge on any atom is -0.327 e. The summed E-state index contributed by atoms with van der Waals surface area (Å²) in [5.74, 6) is 0.765. The highest BCUT2D eigenvalue weighted by Gasteiger charge is 2.20. The van der Waals surface area contributed by atoms with E-state index in [9.17, 15) is 8.42 Å². The van der Waals surface area contributed by atoms with Crippen molar-refractivity contribution < 1.29 is 8.42 Å². The molecule has 0 fully saturated rings. The van der Waals surface area contributed by atoms with Crippen LogP contribution in [0.25, 0.3) is 0 Å². The molecule has 0 bridgehead atoms. The number of imidazole rings is 1. The van der Waals surface area contributed by atoms with Gasteiger partial charge in [0, 0.05) is 23.3 Å². The Morgan fingerprint density at radius 2 is 2.35 bits per heavy atom. The molecule has 1 aromatic heterocycles. The zero-order valence-electron chi connectivity index (χ0n) is 9.63. The Hall–Kier alpha value is -0.810. The molecule has 1 aliphatic carbocycles. The molecule has 1 heterocycles. The maximum atomic E-state index is 11.3. The highest BCUT2D eigenvalue weighted by atomic mass is 35.7.